The summed E-state index contributed by atoms with van der Waals surface area (Å²) in [4.78, 5) is 44.3. The summed E-state index contributed by atoms with van der Waals surface area (Å²) in [5.41, 5.74) is -0.618. The van der Waals surface area contributed by atoms with Crippen LogP contribution in [0.25, 0.3) is 0 Å². The fourth-order valence-electron chi connectivity index (χ4n) is 2.00. The molecule has 0 aromatic carbocycles. The average molecular weight is 325 g/mol. The molecule has 0 radical (unpaired) electrons. The predicted molar refractivity (Wildman–Crippen MR) is 74.7 cm³/mol. The van der Waals surface area contributed by atoms with Gasteiger partial charge in [-0.3, -0.25) is 14.4 Å². The van der Waals surface area contributed by atoms with E-state index in [2.05, 4.69) is 21.3 Å². The maximum atomic E-state index is 11.6. The van der Waals surface area contributed by atoms with E-state index in [1.807, 2.05) is 0 Å². The zero-order valence-electron chi connectivity index (χ0n) is 11.8. The number of β-lactam (4-membered cyclic amide) rings is 1. The van der Waals surface area contributed by atoms with Crippen LogP contribution in [0.1, 0.15) is 5.69 Å². The molecule has 2 rings (SSSR count). The van der Waals surface area contributed by atoms with E-state index in [4.69, 9.17) is 5.11 Å². The SMILES string of the molecule is O=CNC1C(=O)NC1CNC(=O)NCc1cc(=O)c(O)cn1O. The summed E-state index contributed by atoms with van der Waals surface area (Å²) < 4.78 is 0.521. The van der Waals surface area contributed by atoms with Gasteiger partial charge in [-0.25, -0.2) is 4.79 Å². The summed E-state index contributed by atoms with van der Waals surface area (Å²) in [6, 6.07) is -0.724. The van der Waals surface area contributed by atoms with Gasteiger partial charge in [-0.2, -0.15) is 4.73 Å². The molecule has 1 aromatic heterocycles. The first kappa shape index (κ1) is 16.1. The number of pyridine rings is 1. The molecule has 11 heteroatoms. The van der Waals surface area contributed by atoms with Gasteiger partial charge in [0.2, 0.25) is 17.7 Å². The van der Waals surface area contributed by atoms with Crippen molar-refractivity contribution in [2.24, 2.45) is 0 Å². The Labute approximate surface area is 129 Å². The molecule has 6 N–H and O–H groups in total. The van der Waals surface area contributed by atoms with Gasteiger partial charge in [-0.15, -0.1) is 0 Å². The molecule has 1 aromatic rings. The molecule has 2 heterocycles. The third-order valence-electron chi connectivity index (χ3n) is 3.26. The van der Waals surface area contributed by atoms with Crippen LogP contribution in [0, 0.1) is 0 Å². The van der Waals surface area contributed by atoms with Crippen LogP contribution in [-0.2, 0) is 16.1 Å². The second-order valence-electron chi connectivity index (χ2n) is 4.80. The van der Waals surface area contributed by atoms with Crippen molar-refractivity contribution >= 4 is 18.3 Å². The molecule has 1 fully saturated rings. The fraction of sp³-hybridized carbons (Fsp3) is 0.333. The number of urea groups is 1. The van der Waals surface area contributed by atoms with Gasteiger partial charge < -0.3 is 31.6 Å². The van der Waals surface area contributed by atoms with Crippen LogP contribution in [0.2, 0.25) is 0 Å². The summed E-state index contributed by atoms with van der Waals surface area (Å²) in [6.45, 7) is -0.0739. The number of hydrogen-bond acceptors (Lipinski definition) is 6. The predicted octanol–water partition coefficient (Wildman–Crippen LogP) is -2.80. The fourth-order valence-corrected chi connectivity index (χ4v) is 2.00. The summed E-state index contributed by atoms with van der Waals surface area (Å²) in [5.74, 6) is -0.951. The van der Waals surface area contributed by atoms with Gasteiger partial charge in [-0.1, -0.05) is 0 Å². The van der Waals surface area contributed by atoms with Crippen molar-refractivity contribution in [2.45, 2.75) is 18.6 Å². The topological polar surface area (TPSA) is 162 Å². The molecule has 11 nitrogen and oxygen atoms in total. The molecular weight excluding hydrogens is 310 g/mol. The monoisotopic (exact) mass is 325 g/mol. The Morgan fingerprint density at radius 1 is 1.39 bits per heavy atom. The van der Waals surface area contributed by atoms with Crippen molar-refractivity contribution in [3.8, 4) is 5.75 Å². The minimum Gasteiger partial charge on any atom is -0.503 e. The lowest BCUT2D eigenvalue weighted by Crippen LogP contribution is -2.71. The number of aromatic nitrogens is 1. The number of carbonyl (C=O) groups excluding carboxylic acids is 3. The van der Waals surface area contributed by atoms with Gasteiger partial charge in [0.25, 0.3) is 0 Å². The maximum absolute atomic E-state index is 11.6. The zero-order valence-corrected chi connectivity index (χ0v) is 11.8. The number of nitrogens with zero attached hydrogens (tertiary/aromatic N) is 1. The van der Waals surface area contributed by atoms with Crippen LogP contribution in [0.5, 0.6) is 5.75 Å². The Morgan fingerprint density at radius 3 is 2.78 bits per heavy atom. The smallest absolute Gasteiger partial charge is 0.315 e. The first-order valence-electron chi connectivity index (χ1n) is 6.58. The third kappa shape index (κ3) is 3.70. The Kier molecular flexibility index (Phi) is 4.69. The average Bonchev–Trinajstić information content (AvgIpc) is 2.51. The number of amides is 4. The molecular formula is C12H15N5O6. The zero-order chi connectivity index (χ0) is 17.0. The molecule has 1 aliphatic rings. The standard InChI is InChI=1S/C12H15N5O6/c18-5-15-10-7(16-11(10)21)3-14-12(22)13-2-6-1-8(19)9(20)4-17(6)23/h1,4-5,7,10,20,23H,2-3H2,(H,15,18)(H,16,21)(H2,13,14,22). The Hall–Kier alpha value is -3.24. The Morgan fingerprint density at radius 2 is 2.13 bits per heavy atom. The van der Waals surface area contributed by atoms with Crippen molar-refractivity contribution in [3.63, 3.8) is 0 Å². The molecule has 2 atom stereocenters. The van der Waals surface area contributed by atoms with Crippen LogP contribution >= 0.6 is 0 Å². The lowest BCUT2D eigenvalue weighted by molar-refractivity contribution is -0.133. The highest BCUT2D eigenvalue weighted by molar-refractivity contribution is 5.91. The molecule has 0 aliphatic carbocycles. The molecule has 23 heavy (non-hydrogen) atoms. The summed E-state index contributed by atoms with van der Waals surface area (Å²) in [6.07, 6.45) is 1.22. The van der Waals surface area contributed by atoms with E-state index in [0.29, 0.717) is 11.1 Å². The van der Waals surface area contributed by atoms with Crippen molar-refractivity contribution in [2.75, 3.05) is 6.54 Å². The quantitative estimate of drug-likeness (QED) is 0.188. The molecule has 0 saturated carbocycles. The van der Waals surface area contributed by atoms with E-state index >= 15 is 0 Å². The molecule has 4 amide bonds. The normalized spacial score (nSPS) is 19.2. The maximum Gasteiger partial charge on any atom is 0.315 e. The molecule has 2 unspecified atom stereocenters. The van der Waals surface area contributed by atoms with Crippen LogP contribution < -0.4 is 26.7 Å². The molecule has 1 aliphatic heterocycles. The lowest BCUT2D eigenvalue weighted by Gasteiger charge is -2.36. The van der Waals surface area contributed by atoms with Gasteiger partial charge in [0.1, 0.15) is 6.04 Å². The van der Waals surface area contributed by atoms with Gasteiger partial charge in [0.05, 0.1) is 24.5 Å². The van der Waals surface area contributed by atoms with Crippen molar-refractivity contribution in [1.29, 1.82) is 0 Å². The highest BCUT2D eigenvalue weighted by Gasteiger charge is 2.38. The lowest BCUT2D eigenvalue weighted by atomic mass is 9.99. The van der Waals surface area contributed by atoms with Gasteiger partial charge in [0, 0.05) is 12.6 Å². The first-order valence-corrected chi connectivity index (χ1v) is 6.58. The van der Waals surface area contributed by atoms with Crippen LogP contribution in [-0.4, -0.2) is 52.0 Å². The minimum atomic E-state index is -0.688. The molecule has 0 bridgehead atoms. The summed E-state index contributed by atoms with van der Waals surface area (Å²) >= 11 is 0. The number of nitrogens with one attached hydrogen (secondary N) is 4. The van der Waals surface area contributed by atoms with Gasteiger partial charge >= 0.3 is 6.03 Å². The van der Waals surface area contributed by atoms with Crippen LogP contribution in [0.3, 0.4) is 0 Å². The highest BCUT2D eigenvalue weighted by Crippen LogP contribution is 2.04. The number of hydrogen-bond donors (Lipinski definition) is 6. The van der Waals surface area contributed by atoms with Crippen molar-refractivity contribution < 1.29 is 24.7 Å². The van der Waals surface area contributed by atoms with E-state index in [0.717, 1.165) is 12.3 Å². The summed E-state index contributed by atoms with van der Waals surface area (Å²) in [5, 5.41) is 28.3. The highest BCUT2D eigenvalue weighted by atomic mass is 16.5. The molecule has 124 valence electrons. The first-order chi connectivity index (χ1) is 10.9. The minimum absolute atomic E-state index is 0.0698. The third-order valence-corrected chi connectivity index (χ3v) is 3.26. The second-order valence-corrected chi connectivity index (χ2v) is 4.80. The van der Waals surface area contributed by atoms with Crippen molar-refractivity contribution in [1.82, 2.24) is 26.0 Å². The number of aromatic hydroxyl groups is 1. The van der Waals surface area contributed by atoms with Gasteiger partial charge in [0.15, 0.2) is 5.75 Å². The van der Waals surface area contributed by atoms with E-state index in [9.17, 15) is 24.4 Å². The Bertz CT molecular complexity index is 687. The van der Waals surface area contributed by atoms with E-state index in [1.54, 1.807) is 0 Å². The van der Waals surface area contributed by atoms with E-state index < -0.39 is 29.3 Å². The molecule has 1 saturated heterocycles. The Balaban J connectivity index is 1.80. The van der Waals surface area contributed by atoms with Crippen LogP contribution in [0.4, 0.5) is 4.79 Å². The number of rotatable bonds is 6. The second kappa shape index (κ2) is 6.68. The van der Waals surface area contributed by atoms with Crippen LogP contribution in [0.15, 0.2) is 17.1 Å². The number of carbonyl (C=O) groups is 3. The van der Waals surface area contributed by atoms with Gasteiger partial charge in [-0.05, 0) is 0 Å². The molecule has 0 spiro atoms. The summed E-state index contributed by atoms with van der Waals surface area (Å²) in [7, 11) is 0. The largest absolute Gasteiger partial charge is 0.503 e. The van der Waals surface area contributed by atoms with E-state index in [1.165, 1.54) is 0 Å². The van der Waals surface area contributed by atoms with Crippen molar-refractivity contribution in [3.05, 3.63) is 28.2 Å². The van der Waals surface area contributed by atoms with E-state index in [-0.39, 0.29) is 24.7 Å².